The summed E-state index contributed by atoms with van der Waals surface area (Å²) in [6.45, 7) is 2.17. The third-order valence-electron chi connectivity index (χ3n) is 8.40. The number of hydrogen-bond donors (Lipinski definition) is 2. The molecule has 6 rings (SSSR count). The van der Waals surface area contributed by atoms with Crippen molar-refractivity contribution in [2.45, 2.75) is 51.0 Å². The van der Waals surface area contributed by atoms with Crippen molar-refractivity contribution in [1.29, 1.82) is 0 Å². The molecule has 8 heteroatoms. The van der Waals surface area contributed by atoms with Crippen LogP contribution in [0.5, 0.6) is 0 Å². The summed E-state index contributed by atoms with van der Waals surface area (Å²) in [4.78, 5) is 29.7. The number of anilines is 2. The van der Waals surface area contributed by atoms with Crippen molar-refractivity contribution in [2.75, 3.05) is 32.5 Å². The van der Waals surface area contributed by atoms with E-state index in [4.69, 9.17) is 0 Å². The van der Waals surface area contributed by atoms with E-state index in [2.05, 4.69) is 62.6 Å². The van der Waals surface area contributed by atoms with Gasteiger partial charge in [-0.05, 0) is 100 Å². The SMILES string of the molecule is CN1CCC(N(C)C(=O)CCC2CC=C(c3cc4c(Nc5ccc6ncsc6c5)ccnc4[nH]3)CC2)CC1. The van der Waals surface area contributed by atoms with Crippen LogP contribution >= 0.6 is 11.3 Å². The molecule has 0 saturated carbocycles. The minimum absolute atomic E-state index is 0.311. The second kappa shape index (κ2) is 10.9. The molecule has 4 heterocycles. The van der Waals surface area contributed by atoms with E-state index < -0.39 is 0 Å². The average Bonchev–Trinajstić information content (AvgIpc) is 3.59. The van der Waals surface area contributed by atoms with Crippen LogP contribution in [0.15, 0.2) is 48.1 Å². The maximum absolute atomic E-state index is 12.8. The number of pyridine rings is 1. The lowest BCUT2D eigenvalue weighted by Gasteiger charge is -2.35. The molecule has 198 valence electrons. The fourth-order valence-corrected chi connectivity index (χ4v) is 6.60. The second-order valence-electron chi connectivity index (χ2n) is 10.9. The molecule has 1 aliphatic carbocycles. The van der Waals surface area contributed by atoms with Gasteiger partial charge in [0, 0.05) is 42.5 Å². The Kier molecular flexibility index (Phi) is 7.17. The quantitative estimate of drug-likeness (QED) is 0.289. The summed E-state index contributed by atoms with van der Waals surface area (Å²) >= 11 is 1.65. The largest absolute Gasteiger partial charge is 0.355 e. The van der Waals surface area contributed by atoms with E-state index in [0.717, 1.165) is 85.2 Å². The van der Waals surface area contributed by atoms with E-state index in [0.29, 0.717) is 24.3 Å². The van der Waals surface area contributed by atoms with E-state index in [1.54, 1.807) is 11.3 Å². The van der Waals surface area contributed by atoms with Gasteiger partial charge in [0.1, 0.15) is 5.65 Å². The molecule has 0 spiro atoms. The summed E-state index contributed by atoms with van der Waals surface area (Å²) in [6.07, 6.45) is 11.2. The fourth-order valence-electron chi connectivity index (χ4n) is 5.88. The molecule has 1 unspecified atom stereocenters. The smallest absolute Gasteiger partial charge is 0.222 e. The highest BCUT2D eigenvalue weighted by Gasteiger charge is 2.25. The summed E-state index contributed by atoms with van der Waals surface area (Å²) in [6, 6.07) is 10.9. The van der Waals surface area contributed by atoms with Crippen LogP contribution in [0.3, 0.4) is 0 Å². The minimum atomic E-state index is 0.311. The highest BCUT2D eigenvalue weighted by molar-refractivity contribution is 7.16. The van der Waals surface area contributed by atoms with Crippen LogP contribution in [0.4, 0.5) is 11.4 Å². The molecule has 2 N–H and O–H groups in total. The first-order valence-electron chi connectivity index (χ1n) is 13.7. The van der Waals surface area contributed by atoms with Crippen LogP contribution in [-0.2, 0) is 4.79 Å². The maximum atomic E-state index is 12.8. The number of piperidine rings is 1. The lowest BCUT2D eigenvalue weighted by atomic mass is 9.85. The van der Waals surface area contributed by atoms with Crippen LogP contribution in [0.25, 0.3) is 26.8 Å². The van der Waals surface area contributed by atoms with Gasteiger partial charge in [-0.3, -0.25) is 4.79 Å². The molecule has 0 bridgehead atoms. The van der Waals surface area contributed by atoms with Gasteiger partial charge in [-0.25, -0.2) is 9.97 Å². The molecule has 1 saturated heterocycles. The molecule has 38 heavy (non-hydrogen) atoms. The lowest BCUT2D eigenvalue weighted by Crippen LogP contribution is -2.44. The Morgan fingerprint density at radius 1 is 1.18 bits per heavy atom. The number of H-pyrrole nitrogens is 1. The van der Waals surface area contributed by atoms with Gasteiger partial charge in [-0.1, -0.05) is 6.08 Å². The number of hydrogen-bond acceptors (Lipinski definition) is 6. The summed E-state index contributed by atoms with van der Waals surface area (Å²) in [5.74, 6) is 0.889. The van der Waals surface area contributed by atoms with Crippen LogP contribution in [0.2, 0.25) is 0 Å². The van der Waals surface area contributed by atoms with Crippen molar-refractivity contribution < 1.29 is 4.79 Å². The van der Waals surface area contributed by atoms with Gasteiger partial charge < -0.3 is 20.1 Å². The van der Waals surface area contributed by atoms with Crippen molar-refractivity contribution in [3.8, 4) is 0 Å². The van der Waals surface area contributed by atoms with E-state index in [1.165, 1.54) is 10.3 Å². The van der Waals surface area contributed by atoms with E-state index >= 15 is 0 Å². The normalized spacial score (nSPS) is 19.1. The van der Waals surface area contributed by atoms with Gasteiger partial charge in [0.25, 0.3) is 0 Å². The van der Waals surface area contributed by atoms with Gasteiger partial charge >= 0.3 is 0 Å². The van der Waals surface area contributed by atoms with Crippen LogP contribution in [0.1, 0.15) is 50.6 Å². The minimum Gasteiger partial charge on any atom is -0.355 e. The molecule has 0 radical (unpaired) electrons. The summed E-state index contributed by atoms with van der Waals surface area (Å²) in [5.41, 5.74) is 8.40. The monoisotopic (exact) mass is 528 g/mol. The van der Waals surface area contributed by atoms with E-state index in [9.17, 15) is 4.79 Å². The third-order valence-corrected chi connectivity index (χ3v) is 9.20. The summed E-state index contributed by atoms with van der Waals surface area (Å²) in [5, 5.41) is 4.67. The van der Waals surface area contributed by atoms with Crippen molar-refractivity contribution in [2.24, 2.45) is 5.92 Å². The fraction of sp³-hybridized carbons (Fsp3) is 0.433. The molecule has 1 aromatic carbocycles. The zero-order valence-electron chi connectivity index (χ0n) is 22.2. The standard InChI is InChI=1S/C30H36N6OS/c1-35-15-12-23(13-16-35)36(2)29(37)10-5-20-3-6-21(7-4-20)27-18-24-25(11-14-31-30(24)34-27)33-22-8-9-26-28(17-22)38-19-32-26/h6,8-9,11,14,17-20,23H,3-5,7,10,12-13,15-16H2,1-2H3,(H2,31,33,34). The predicted octanol–water partition coefficient (Wildman–Crippen LogP) is 6.43. The summed E-state index contributed by atoms with van der Waals surface area (Å²) in [7, 11) is 4.16. The van der Waals surface area contributed by atoms with Crippen LogP contribution < -0.4 is 5.32 Å². The number of likely N-dealkylation sites (tertiary alicyclic amines) is 1. The number of aromatic nitrogens is 3. The maximum Gasteiger partial charge on any atom is 0.222 e. The number of carbonyl (C=O) groups is 1. The number of rotatable bonds is 7. The molecular formula is C30H36N6OS. The van der Waals surface area contributed by atoms with Gasteiger partial charge in [0.2, 0.25) is 5.91 Å². The number of allylic oxidation sites excluding steroid dienone is 2. The molecule has 2 aliphatic rings. The topological polar surface area (TPSA) is 77.2 Å². The Labute approximate surface area is 228 Å². The third kappa shape index (κ3) is 5.33. The molecule has 4 aromatic rings. The van der Waals surface area contributed by atoms with E-state index in [1.807, 2.05) is 29.7 Å². The van der Waals surface area contributed by atoms with Crippen molar-refractivity contribution in [3.63, 3.8) is 0 Å². The molecule has 1 aliphatic heterocycles. The zero-order valence-corrected chi connectivity index (χ0v) is 23.1. The number of carbonyl (C=O) groups excluding carboxylic acids is 1. The van der Waals surface area contributed by atoms with Crippen LogP contribution in [0, 0.1) is 5.92 Å². The Bertz CT molecular complexity index is 1460. The van der Waals surface area contributed by atoms with Gasteiger partial charge in [-0.15, -0.1) is 11.3 Å². The number of fused-ring (bicyclic) bond motifs is 2. The molecule has 3 aromatic heterocycles. The molecule has 1 atom stereocenters. The Hall–Kier alpha value is -3.23. The average molecular weight is 529 g/mol. The number of amides is 1. The summed E-state index contributed by atoms with van der Waals surface area (Å²) < 4.78 is 1.17. The highest BCUT2D eigenvalue weighted by Crippen LogP contribution is 2.35. The van der Waals surface area contributed by atoms with Gasteiger partial charge in [-0.2, -0.15) is 0 Å². The number of nitrogens with one attached hydrogen (secondary N) is 2. The second-order valence-corrected chi connectivity index (χ2v) is 11.8. The predicted molar refractivity (Wildman–Crippen MR) is 157 cm³/mol. The van der Waals surface area contributed by atoms with Crippen molar-refractivity contribution in [1.82, 2.24) is 24.8 Å². The zero-order chi connectivity index (χ0) is 26.1. The first kappa shape index (κ1) is 25.1. The van der Waals surface area contributed by atoms with Crippen molar-refractivity contribution in [3.05, 3.63) is 53.8 Å². The molecule has 7 nitrogen and oxygen atoms in total. The molecular weight excluding hydrogens is 492 g/mol. The highest BCUT2D eigenvalue weighted by atomic mass is 32.1. The number of benzene rings is 1. The molecule has 1 fully saturated rings. The Morgan fingerprint density at radius 3 is 2.87 bits per heavy atom. The van der Waals surface area contributed by atoms with E-state index in [-0.39, 0.29) is 0 Å². The van der Waals surface area contributed by atoms with Crippen molar-refractivity contribution >= 4 is 55.4 Å². The first-order chi connectivity index (χ1) is 18.5. The van der Waals surface area contributed by atoms with Crippen LogP contribution in [-0.4, -0.2) is 63.9 Å². The van der Waals surface area contributed by atoms with Gasteiger partial charge in [0.05, 0.1) is 21.4 Å². The number of nitrogens with zero attached hydrogens (tertiary/aromatic N) is 4. The number of thiazole rings is 1. The van der Waals surface area contributed by atoms with Gasteiger partial charge in [0.15, 0.2) is 0 Å². The first-order valence-corrected chi connectivity index (χ1v) is 14.6. The Morgan fingerprint density at radius 2 is 2.05 bits per heavy atom. The molecule has 1 amide bonds. The Balaban J connectivity index is 1.08. The number of aromatic amines is 1. The lowest BCUT2D eigenvalue weighted by molar-refractivity contribution is -0.133.